The molecule has 0 aliphatic carbocycles. The Kier molecular flexibility index (Phi) is 4.07. The van der Waals surface area contributed by atoms with E-state index >= 15 is 0 Å². The summed E-state index contributed by atoms with van der Waals surface area (Å²) in [5, 5.41) is 3.45. The van der Waals surface area contributed by atoms with Gasteiger partial charge in [-0.3, -0.25) is 0 Å². The minimum absolute atomic E-state index is 0.731. The molecule has 0 saturated carbocycles. The molecule has 3 heteroatoms. The Balaban J connectivity index is 1.55. The zero-order valence-electron chi connectivity index (χ0n) is 12.0. The first-order valence-electron chi connectivity index (χ1n) is 7.39. The summed E-state index contributed by atoms with van der Waals surface area (Å²) in [5.41, 5.74) is 2.89. The Hall–Kier alpha value is -1.74. The lowest BCUT2D eigenvalue weighted by molar-refractivity contribution is 0.477. The van der Waals surface area contributed by atoms with Crippen molar-refractivity contribution in [2.24, 2.45) is 5.92 Å². The van der Waals surface area contributed by atoms with Crippen molar-refractivity contribution in [3.05, 3.63) is 54.0 Å². The molecule has 1 aliphatic rings. The molecular formula is C17H22N2O. The zero-order valence-corrected chi connectivity index (χ0v) is 12.0. The second kappa shape index (κ2) is 6.14. The van der Waals surface area contributed by atoms with E-state index in [0.717, 1.165) is 37.9 Å². The molecule has 3 rings (SSSR count). The first-order valence-corrected chi connectivity index (χ1v) is 7.39. The predicted octanol–water partition coefficient (Wildman–Crippen LogP) is 3.07. The first-order chi connectivity index (χ1) is 9.83. The van der Waals surface area contributed by atoms with Gasteiger partial charge in [-0.25, -0.2) is 0 Å². The second-order valence-corrected chi connectivity index (χ2v) is 5.64. The molecular weight excluding hydrogens is 248 g/mol. The van der Waals surface area contributed by atoms with Gasteiger partial charge in [0.1, 0.15) is 5.76 Å². The predicted molar refractivity (Wildman–Crippen MR) is 81.9 cm³/mol. The van der Waals surface area contributed by atoms with Crippen LogP contribution in [0.4, 0.5) is 5.69 Å². The number of benzene rings is 1. The number of furan rings is 1. The van der Waals surface area contributed by atoms with Gasteiger partial charge in [-0.1, -0.05) is 25.1 Å². The number of rotatable bonds is 5. The van der Waals surface area contributed by atoms with Crippen LogP contribution in [0.25, 0.3) is 0 Å². The number of para-hydroxylation sites is 1. The molecule has 0 bridgehead atoms. The second-order valence-electron chi connectivity index (χ2n) is 5.64. The average Bonchev–Trinajstić information content (AvgIpc) is 2.96. The van der Waals surface area contributed by atoms with Crippen molar-refractivity contribution in [2.75, 3.05) is 24.5 Å². The third kappa shape index (κ3) is 3.05. The molecule has 1 N–H and O–H groups in total. The normalized spacial score (nSPS) is 18.1. The van der Waals surface area contributed by atoms with Crippen molar-refractivity contribution in [3.63, 3.8) is 0 Å². The molecule has 2 heterocycles. The minimum Gasteiger partial charge on any atom is -0.468 e. The summed E-state index contributed by atoms with van der Waals surface area (Å²) in [5.74, 6) is 1.73. The maximum absolute atomic E-state index is 5.32. The van der Waals surface area contributed by atoms with Crippen LogP contribution in [0, 0.1) is 5.92 Å². The summed E-state index contributed by atoms with van der Waals surface area (Å²) < 4.78 is 5.32. The summed E-state index contributed by atoms with van der Waals surface area (Å²) in [7, 11) is 0. The van der Waals surface area contributed by atoms with Crippen LogP contribution in [0.1, 0.15) is 18.2 Å². The molecule has 2 aromatic rings. The molecule has 0 spiro atoms. The van der Waals surface area contributed by atoms with E-state index in [0.29, 0.717) is 0 Å². The SMILES string of the molecule is CC1Cc2ccccc2N(CCNCc2ccco2)C1. The highest BCUT2D eigenvalue weighted by Gasteiger charge is 2.20. The van der Waals surface area contributed by atoms with Crippen LogP contribution in [0.3, 0.4) is 0 Å². The molecule has 20 heavy (non-hydrogen) atoms. The lowest BCUT2D eigenvalue weighted by Gasteiger charge is -2.34. The molecule has 0 saturated heterocycles. The number of hydrogen-bond donors (Lipinski definition) is 1. The highest BCUT2D eigenvalue weighted by molar-refractivity contribution is 5.55. The van der Waals surface area contributed by atoms with Crippen molar-refractivity contribution in [2.45, 2.75) is 19.9 Å². The Morgan fingerprint density at radius 1 is 1.25 bits per heavy atom. The summed E-state index contributed by atoms with van der Waals surface area (Å²) in [6, 6.07) is 12.7. The zero-order chi connectivity index (χ0) is 13.8. The van der Waals surface area contributed by atoms with Crippen molar-refractivity contribution in [1.82, 2.24) is 5.32 Å². The average molecular weight is 270 g/mol. The van der Waals surface area contributed by atoms with Crippen molar-refractivity contribution in [1.29, 1.82) is 0 Å². The number of anilines is 1. The molecule has 1 aromatic carbocycles. The van der Waals surface area contributed by atoms with E-state index in [1.54, 1.807) is 6.26 Å². The molecule has 1 aliphatic heterocycles. The van der Waals surface area contributed by atoms with Crippen LogP contribution in [-0.2, 0) is 13.0 Å². The maximum atomic E-state index is 5.32. The van der Waals surface area contributed by atoms with Gasteiger partial charge in [-0.2, -0.15) is 0 Å². The molecule has 0 amide bonds. The Bertz CT molecular complexity index is 536. The van der Waals surface area contributed by atoms with Gasteiger partial charge >= 0.3 is 0 Å². The van der Waals surface area contributed by atoms with Gasteiger partial charge < -0.3 is 14.6 Å². The molecule has 1 unspecified atom stereocenters. The summed E-state index contributed by atoms with van der Waals surface area (Å²) in [6.07, 6.45) is 2.92. The minimum atomic E-state index is 0.731. The monoisotopic (exact) mass is 270 g/mol. The third-order valence-corrected chi connectivity index (χ3v) is 3.87. The van der Waals surface area contributed by atoms with Gasteiger partial charge in [0.15, 0.2) is 0 Å². The molecule has 0 radical (unpaired) electrons. The lowest BCUT2D eigenvalue weighted by atomic mass is 9.94. The smallest absolute Gasteiger partial charge is 0.117 e. The van der Waals surface area contributed by atoms with E-state index in [4.69, 9.17) is 4.42 Å². The summed E-state index contributed by atoms with van der Waals surface area (Å²) >= 11 is 0. The number of nitrogens with zero attached hydrogens (tertiary/aromatic N) is 1. The van der Waals surface area contributed by atoms with E-state index in [2.05, 4.69) is 41.4 Å². The quantitative estimate of drug-likeness (QED) is 0.846. The summed E-state index contributed by atoms with van der Waals surface area (Å²) in [6.45, 7) is 6.31. The summed E-state index contributed by atoms with van der Waals surface area (Å²) in [4.78, 5) is 2.50. The largest absolute Gasteiger partial charge is 0.468 e. The number of hydrogen-bond acceptors (Lipinski definition) is 3. The van der Waals surface area contributed by atoms with E-state index in [9.17, 15) is 0 Å². The molecule has 106 valence electrons. The van der Waals surface area contributed by atoms with E-state index < -0.39 is 0 Å². The van der Waals surface area contributed by atoms with Gasteiger partial charge in [-0.05, 0) is 36.1 Å². The van der Waals surface area contributed by atoms with Gasteiger partial charge in [-0.15, -0.1) is 0 Å². The van der Waals surface area contributed by atoms with Crippen LogP contribution in [0.5, 0.6) is 0 Å². The van der Waals surface area contributed by atoms with Crippen molar-refractivity contribution < 1.29 is 4.42 Å². The first kappa shape index (κ1) is 13.3. The van der Waals surface area contributed by atoms with Gasteiger partial charge in [0, 0.05) is 25.3 Å². The Morgan fingerprint density at radius 3 is 3.00 bits per heavy atom. The van der Waals surface area contributed by atoms with E-state index in [-0.39, 0.29) is 0 Å². The Morgan fingerprint density at radius 2 is 2.15 bits per heavy atom. The van der Waals surface area contributed by atoms with Gasteiger partial charge in [0.2, 0.25) is 0 Å². The standard InChI is InChI=1S/C17H22N2O/c1-14-11-15-5-2-3-7-17(15)19(13-14)9-8-18-12-16-6-4-10-20-16/h2-7,10,14,18H,8-9,11-13H2,1H3. The van der Waals surface area contributed by atoms with Gasteiger partial charge in [0.25, 0.3) is 0 Å². The van der Waals surface area contributed by atoms with E-state index in [1.165, 1.54) is 17.7 Å². The third-order valence-electron chi connectivity index (χ3n) is 3.87. The lowest BCUT2D eigenvalue weighted by Crippen LogP contribution is -2.38. The fraction of sp³-hybridized carbons (Fsp3) is 0.412. The van der Waals surface area contributed by atoms with E-state index in [1.807, 2.05) is 12.1 Å². The molecule has 3 nitrogen and oxygen atoms in total. The maximum Gasteiger partial charge on any atom is 0.117 e. The van der Waals surface area contributed by atoms with Crippen LogP contribution >= 0.6 is 0 Å². The number of nitrogens with one attached hydrogen (secondary N) is 1. The Labute approximate surface area is 120 Å². The van der Waals surface area contributed by atoms with Crippen LogP contribution in [0.15, 0.2) is 47.1 Å². The number of fused-ring (bicyclic) bond motifs is 1. The fourth-order valence-electron chi connectivity index (χ4n) is 2.96. The van der Waals surface area contributed by atoms with Gasteiger partial charge in [0.05, 0.1) is 12.8 Å². The van der Waals surface area contributed by atoms with Crippen LogP contribution in [-0.4, -0.2) is 19.6 Å². The topological polar surface area (TPSA) is 28.4 Å². The molecule has 0 fully saturated rings. The molecule has 1 aromatic heterocycles. The van der Waals surface area contributed by atoms with Crippen LogP contribution < -0.4 is 10.2 Å². The van der Waals surface area contributed by atoms with Crippen molar-refractivity contribution in [3.8, 4) is 0 Å². The highest BCUT2D eigenvalue weighted by atomic mass is 16.3. The molecule has 1 atom stereocenters. The van der Waals surface area contributed by atoms with Crippen molar-refractivity contribution >= 4 is 5.69 Å². The van der Waals surface area contributed by atoms with Crippen LogP contribution in [0.2, 0.25) is 0 Å². The highest BCUT2D eigenvalue weighted by Crippen LogP contribution is 2.28. The fourth-order valence-corrected chi connectivity index (χ4v) is 2.96.